The highest BCUT2D eigenvalue weighted by Gasteiger charge is 2.16. The average molecular weight is 288 g/mol. The maximum absolute atomic E-state index is 5.72. The number of nitrogens with zero attached hydrogens (tertiary/aromatic N) is 2. The second-order valence-electron chi connectivity index (χ2n) is 5.58. The number of aromatic nitrogens is 2. The Morgan fingerprint density at radius 3 is 2.67 bits per heavy atom. The summed E-state index contributed by atoms with van der Waals surface area (Å²) in [5.74, 6) is 2.63. The molecule has 6 heteroatoms. The summed E-state index contributed by atoms with van der Waals surface area (Å²) in [6.07, 6.45) is 0.921. The molecule has 1 aromatic carbocycles. The van der Waals surface area contributed by atoms with Gasteiger partial charge >= 0.3 is 0 Å². The van der Waals surface area contributed by atoms with Gasteiger partial charge in [-0.3, -0.25) is 4.90 Å². The van der Waals surface area contributed by atoms with Crippen molar-refractivity contribution in [2.45, 2.75) is 13.0 Å². The van der Waals surface area contributed by atoms with Crippen LogP contribution < -0.4 is 14.8 Å². The van der Waals surface area contributed by atoms with E-state index in [4.69, 9.17) is 14.5 Å². The van der Waals surface area contributed by atoms with Gasteiger partial charge < -0.3 is 19.8 Å². The molecule has 0 amide bonds. The standard InChI is InChI=1S/C15H20N4O2/c1-6-20-13-8-11-12(9-14(13)21-7-1)18-15(17-11)10-19-4-2-16-3-5-19/h8-9,16H,1-7,10H2,(H,17,18). The second kappa shape index (κ2) is 5.54. The summed E-state index contributed by atoms with van der Waals surface area (Å²) in [5, 5.41) is 3.36. The van der Waals surface area contributed by atoms with E-state index in [2.05, 4.69) is 15.2 Å². The van der Waals surface area contributed by atoms with Crippen molar-refractivity contribution in [1.29, 1.82) is 0 Å². The van der Waals surface area contributed by atoms with Crippen molar-refractivity contribution in [3.8, 4) is 11.5 Å². The third kappa shape index (κ3) is 2.69. The first kappa shape index (κ1) is 12.9. The molecule has 1 saturated heterocycles. The number of aromatic amines is 1. The Morgan fingerprint density at radius 1 is 1.10 bits per heavy atom. The molecular weight excluding hydrogens is 268 g/mol. The van der Waals surface area contributed by atoms with E-state index in [-0.39, 0.29) is 0 Å². The number of piperazine rings is 1. The van der Waals surface area contributed by atoms with E-state index in [1.54, 1.807) is 0 Å². The molecule has 2 aliphatic rings. The van der Waals surface area contributed by atoms with Crippen LogP contribution in [0.1, 0.15) is 12.2 Å². The monoisotopic (exact) mass is 288 g/mol. The van der Waals surface area contributed by atoms with Crippen molar-refractivity contribution in [2.24, 2.45) is 0 Å². The van der Waals surface area contributed by atoms with Crippen LogP contribution in [0.4, 0.5) is 0 Å². The number of benzene rings is 1. The maximum Gasteiger partial charge on any atom is 0.163 e. The maximum atomic E-state index is 5.72. The predicted molar refractivity (Wildman–Crippen MR) is 79.8 cm³/mol. The Hall–Kier alpha value is -1.79. The minimum Gasteiger partial charge on any atom is -0.489 e. The molecule has 112 valence electrons. The topological polar surface area (TPSA) is 62.4 Å². The highest BCUT2D eigenvalue weighted by molar-refractivity contribution is 5.79. The van der Waals surface area contributed by atoms with Crippen LogP contribution in [0.5, 0.6) is 11.5 Å². The smallest absolute Gasteiger partial charge is 0.163 e. The minimum absolute atomic E-state index is 0.705. The molecule has 2 aliphatic heterocycles. The fourth-order valence-electron chi connectivity index (χ4n) is 2.88. The molecule has 0 saturated carbocycles. The van der Waals surface area contributed by atoms with Gasteiger partial charge in [0.2, 0.25) is 0 Å². The first-order valence-electron chi connectivity index (χ1n) is 7.60. The van der Waals surface area contributed by atoms with E-state index in [1.165, 1.54) is 0 Å². The molecule has 2 aromatic rings. The number of hydrogen-bond donors (Lipinski definition) is 2. The normalized spacial score (nSPS) is 19.6. The third-order valence-electron chi connectivity index (χ3n) is 3.98. The summed E-state index contributed by atoms with van der Waals surface area (Å²) in [5.41, 5.74) is 1.97. The van der Waals surface area contributed by atoms with E-state index in [0.717, 1.165) is 67.5 Å². The molecule has 1 aromatic heterocycles. The van der Waals surface area contributed by atoms with Crippen molar-refractivity contribution in [3.05, 3.63) is 18.0 Å². The Bertz CT molecular complexity index is 591. The van der Waals surface area contributed by atoms with Crippen LogP contribution in [0, 0.1) is 0 Å². The second-order valence-corrected chi connectivity index (χ2v) is 5.58. The fourth-order valence-corrected chi connectivity index (χ4v) is 2.88. The first-order valence-corrected chi connectivity index (χ1v) is 7.60. The lowest BCUT2D eigenvalue weighted by Gasteiger charge is -2.26. The van der Waals surface area contributed by atoms with Gasteiger partial charge in [0.1, 0.15) is 5.82 Å². The van der Waals surface area contributed by atoms with Crippen molar-refractivity contribution in [3.63, 3.8) is 0 Å². The van der Waals surface area contributed by atoms with Gasteiger partial charge in [-0.15, -0.1) is 0 Å². The van der Waals surface area contributed by atoms with Crippen molar-refractivity contribution in [2.75, 3.05) is 39.4 Å². The van der Waals surface area contributed by atoms with Crippen molar-refractivity contribution in [1.82, 2.24) is 20.2 Å². The molecule has 0 bridgehead atoms. The Labute approximate surface area is 123 Å². The van der Waals surface area contributed by atoms with Crippen LogP contribution in [-0.2, 0) is 6.54 Å². The lowest BCUT2D eigenvalue weighted by atomic mass is 10.3. The molecule has 0 atom stereocenters. The van der Waals surface area contributed by atoms with Crippen LogP contribution in [0.3, 0.4) is 0 Å². The molecule has 6 nitrogen and oxygen atoms in total. The molecule has 3 heterocycles. The average Bonchev–Trinajstić information content (AvgIpc) is 2.74. The summed E-state index contributed by atoms with van der Waals surface area (Å²) in [6, 6.07) is 3.98. The van der Waals surface area contributed by atoms with Crippen LogP contribution in [0.2, 0.25) is 0 Å². The largest absolute Gasteiger partial charge is 0.489 e. The van der Waals surface area contributed by atoms with Gasteiger partial charge in [-0.05, 0) is 0 Å². The molecule has 0 spiro atoms. The van der Waals surface area contributed by atoms with Gasteiger partial charge in [0.25, 0.3) is 0 Å². The summed E-state index contributed by atoms with van der Waals surface area (Å²) >= 11 is 0. The van der Waals surface area contributed by atoms with Gasteiger partial charge in [-0.25, -0.2) is 4.98 Å². The zero-order valence-electron chi connectivity index (χ0n) is 12.0. The molecule has 4 rings (SSSR count). The number of imidazole rings is 1. The third-order valence-corrected chi connectivity index (χ3v) is 3.98. The number of H-pyrrole nitrogens is 1. The van der Waals surface area contributed by atoms with Crippen molar-refractivity contribution >= 4 is 11.0 Å². The molecule has 0 unspecified atom stereocenters. The van der Waals surface area contributed by atoms with E-state index in [1.807, 2.05) is 12.1 Å². The number of nitrogens with one attached hydrogen (secondary N) is 2. The number of rotatable bonds is 2. The van der Waals surface area contributed by atoms with E-state index in [9.17, 15) is 0 Å². The summed E-state index contributed by atoms with van der Waals surface area (Å²) in [6.45, 7) is 6.52. The minimum atomic E-state index is 0.705. The van der Waals surface area contributed by atoms with Gasteiger partial charge in [-0.2, -0.15) is 0 Å². The fraction of sp³-hybridized carbons (Fsp3) is 0.533. The Balaban J connectivity index is 1.60. The number of fused-ring (bicyclic) bond motifs is 2. The molecule has 21 heavy (non-hydrogen) atoms. The summed E-state index contributed by atoms with van der Waals surface area (Å²) in [7, 11) is 0. The van der Waals surface area contributed by atoms with Gasteiger partial charge in [0.05, 0.1) is 30.8 Å². The zero-order chi connectivity index (χ0) is 14.1. The Kier molecular flexibility index (Phi) is 3.40. The quantitative estimate of drug-likeness (QED) is 0.867. The molecule has 0 radical (unpaired) electrons. The lowest BCUT2D eigenvalue weighted by molar-refractivity contribution is 0.229. The highest BCUT2D eigenvalue weighted by Crippen LogP contribution is 2.33. The lowest BCUT2D eigenvalue weighted by Crippen LogP contribution is -2.43. The van der Waals surface area contributed by atoms with Gasteiger partial charge in [-0.1, -0.05) is 0 Å². The van der Waals surface area contributed by atoms with Crippen LogP contribution in [-0.4, -0.2) is 54.3 Å². The van der Waals surface area contributed by atoms with Gasteiger partial charge in [0.15, 0.2) is 11.5 Å². The first-order chi connectivity index (χ1) is 10.4. The van der Waals surface area contributed by atoms with Crippen LogP contribution in [0.25, 0.3) is 11.0 Å². The summed E-state index contributed by atoms with van der Waals surface area (Å²) in [4.78, 5) is 10.5. The predicted octanol–water partition coefficient (Wildman–Crippen LogP) is 1.13. The van der Waals surface area contributed by atoms with Crippen LogP contribution in [0.15, 0.2) is 12.1 Å². The molecular formula is C15H20N4O2. The van der Waals surface area contributed by atoms with Crippen molar-refractivity contribution < 1.29 is 9.47 Å². The summed E-state index contributed by atoms with van der Waals surface area (Å²) < 4.78 is 11.4. The highest BCUT2D eigenvalue weighted by atomic mass is 16.5. The SMILES string of the molecule is c1c2c(cc3[nH]c(CN4CCNCC4)nc13)OCCCO2. The number of hydrogen-bond acceptors (Lipinski definition) is 5. The van der Waals surface area contributed by atoms with Gasteiger partial charge in [0, 0.05) is 44.7 Å². The number of ether oxygens (including phenoxy) is 2. The van der Waals surface area contributed by atoms with E-state index < -0.39 is 0 Å². The molecule has 2 N–H and O–H groups in total. The van der Waals surface area contributed by atoms with Crippen LogP contribution >= 0.6 is 0 Å². The van der Waals surface area contributed by atoms with E-state index >= 15 is 0 Å². The Morgan fingerprint density at radius 2 is 1.86 bits per heavy atom. The molecule has 1 fully saturated rings. The molecule has 0 aliphatic carbocycles. The van der Waals surface area contributed by atoms with E-state index in [0.29, 0.717) is 13.2 Å². The zero-order valence-corrected chi connectivity index (χ0v) is 12.0.